The molecule has 19 heavy (non-hydrogen) atoms. The highest BCUT2D eigenvalue weighted by Gasteiger charge is 2.34. The fourth-order valence-corrected chi connectivity index (χ4v) is 2.19. The second-order valence-electron chi connectivity index (χ2n) is 4.61. The van der Waals surface area contributed by atoms with E-state index in [4.69, 9.17) is 0 Å². The maximum atomic E-state index is 12.4. The summed E-state index contributed by atoms with van der Waals surface area (Å²) < 4.78 is 0. The number of amides is 2. The molecule has 0 aromatic carbocycles. The highest BCUT2D eigenvalue weighted by atomic mass is 16.2. The van der Waals surface area contributed by atoms with Crippen molar-refractivity contribution in [2.75, 3.05) is 33.7 Å². The van der Waals surface area contributed by atoms with Crippen molar-refractivity contribution in [1.82, 2.24) is 20.1 Å². The first-order valence-electron chi connectivity index (χ1n) is 6.25. The lowest BCUT2D eigenvalue weighted by molar-refractivity contribution is -0.126. The van der Waals surface area contributed by atoms with E-state index in [1.54, 1.807) is 36.3 Å². The SMILES string of the molecule is CNC(=O)C1CN(C)CCN1C(=O)c1ccccn1. The van der Waals surface area contributed by atoms with Crippen LogP contribution in [-0.4, -0.2) is 66.4 Å². The molecule has 1 aliphatic rings. The molecule has 1 aliphatic heterocycles. The molecule has 0 aliphatic carbocycles. The van der Waals surface area contributed by atoms with Crippen molar-refractivity contribution in [2.45, 2.75) is 6.04 Å². The summed E-state index contributed by atoms with van der Waals surface area (Å²) in [5.41, 5.74) is 0.376. The minimum atomic E-state index is -0.460. The average Bonchev–Trinajstić information content (AvgIpc) is 2.46. The van der Waals surface area contributed by atoms with Gasteiger partial charge in [0.05, 0.1) is 0 Å². The van der Waals surface area contributed by atoms with Crippen LogP contribution in [-0.2, 0) is 4.79 Å². The van der Waals surface area contributed by atoms with Crippen molar-refractivity contribution in [3.63, 3.8) is 0 Å². The van der Waals surface area contributed by atoms with Crippen LogP contribution in [0, 0.1) is 0 Å². The Labute approximate surface area is 112 Å². The number of pyridine rings is 1. The van der Waals surface area contributed by atoms with E-state index in [-0.39, 0.29) is 11.8 Å². The molecule has 1 N–H and O–H groups in total. The number of aromatic nitrogens is 1. The smallest absolute Gasteiger partial charge is 0.273 e. The molecular weight excluding hydrogens is 244 g/mol. The highest BCUT2D eigenvalue weighted by Crippen LogP contribution is 2.12. The van der Waals surface area contributed by atoms with Crippen molar-refractivity contribution in [3.8, 4) is 0 Å². The molecule has 6 nitrogen and oxygen atoms in total. The molecule has 0 spiro atoms. The quantitative estimate of drug-likeness (QED) is 0.786. The zero-order valence-corrected chi connectivity index (χ0v) is 11.2. The van der Waals surface area contributed by atoms with Gasteiger partial charge in [0, 0.05) is 32.9 Å². The minimum Gasteiger partial charge on any atom is -0.357 e. The third kappa shape index (κ3) is 2.90. The molecular formula is C13H18N4O2. The van der Waals surface area contributed by atoms with Crippen molar-refractivity contribution in [2.24, 2.45) is 0 Å². The minimum absolute atomic E-state index is 0.143. The number of carbonyl (C=O) groups excluding carboxylic acids is 2. The molecule has 0 bridgehead atoms. The number of carbonyl (C=O) groups is 2. The summed E-state index contributed by atoms with van der Waals surface area (Å²) in [6, 6.07) is 4.74. The van der Waals surface area contributed by atoms with Crippen molar-refractivity contribution in [3.05, 3.63) is 30.1 Å². The Hall–Kier alpha value is -1.95. The number of hydrogen-bond donors (Lipinski definition) is 1. The Morgan fingerprint density at radius 3 is 2.79 bits per heavy atom. The second kappa shape index (κ2) is 5.79. The zero-order chi connectivity index (χ0) is 13.8. The average molecular weight is 262 g/mol. The molecule has 1 saturated heterocycles. The summed E-state index contributed by atoms with van der Waals surface area (Å²) in [7, 11) is 3.53. The maximum absolute atomic E-state index is 12.4. The molecule has 2 amide bonds. The summed E-state index contributed by atoms with van der Waals surface area (Å²) in [6.07, 6.45) is 1.58. The van der Waals surface area contributed by atoms with Gasteiger partial charge in [-0.1, -0.05) is 6.07 Å². The largest absolute Gasteiger partial charge is 0.357 e. The van der Waals surface area contributed by atoms with Gasteiger partial charge in [-0.2, -0.15) is 0 Å². The van der Waals surface area contributed by atoms with Crippen LogP contribution in [0.25, 0.3) is 0 Å². The van der Waals surface area contributed by atoms with Gasteiger partial charge in [-0.25, -0.2) is 0 Å². The molecule has 102 valence electrons. The van der Waals surface area contributed by atoms with Crippen LogP contribution in [0.5, 0.6) is 0 Å². The molecule has 2 heterocycles. The zero-order valence-electron chi connectivity index (χ0n) is 11.2. The number of hydrogen-bond acceptors (Lipinski definition) is 4. The normalized spacial score (nSPS) is 20.1. The van der Waals surface area contributed by atoms with E-state index in [0.29, 0.717) is 18.8 Å². The third-order valence-corrected chi connectivity index (χ3v) is 3.28. The Balaban J connectivity index is 2.21. The highest BCUT2D eigenvalue weighted by molar-refractivity contribution is 5.96. The van der Waals surface area contributed by atoms with E-state index in [1.165, 1.54) is 0 Å². The van der Waals surface area contributed by atoms with E-state index < -0.39 is 6.04 Å². The first kappa shape index (κ1) is 13.5. The summed E-state index contributed by atoms with van der Waals surface area (Å²) in [5.74, 6) is -0.335. The van der Waals surface area contributed by atoms with E-state index in [1.807, 2.05) is 11.9 Å². The Morgan fingerprint density at radius 2 is 2.16 bits per heavy atom. The molecule has 0 radical (unpaired) electrons. The van der Waals surface area contributed by atoms with Crippen LogP contribution in [0.2, 0.25) is 0 Å². The summed E-state index contributed by atoms with van der Waals surface area (Å²) >= 11 is 0. The lowest BCUT2D eigenvalue weighted by atomic mass is 10.1. The van der Waals surface area contributed by atoms with Gasteiger partial charge in [-0.15, -0.1) is 0 Å². The molecule has 1 aromatic heterocycles. The lowest BCUT2D eigenvalue weighted by Gasteiger charge is -2.38. The maximum Gasteiger partial charge on any atom is 0.273 e. The van der Waals surface area contributed by atoms with Gasteiger partial charge in [-0.05, 0) is 19.2 Å². The number of nitrogens with one attached hydrogen (secondary N) is 1. The third-order valence-electron chi connectivity index (χ3n) is 3.28. The van der Waals surface area contributed by atoms with Crippen LogP contribution < -0.4 is 5.32 Å². The molecule has 1 atom stereocenters. The first-order chi connectivity index (χ1) is 9.13. The van der Waals surface area contributed by atoms with Gasteiger partial charge in [0.1, 0.15) is 11.7 Å². The van der Waals surface area contributed by atoms with Crippen LogP contribution in [0.3, 0.4) is 0 Å². The van der Waals surface area contributed by atoms with Crippen LogP contribution in [0.15, 0.2) is 24.4 Å². The van der Waals surface area contributed by atoms with Gasteiger partial charge < -0.3 is 15.1 Å². The first-order valence-corrected chi connectivity index (χ1v) is 6.25. The Morgan fingerprint density at radius 1 is 1.37 bits per heavy atom. The van der Waals surface area contributed by atoms with Crippen molar-refractivity contribution in [1.29, 1.82) is 0 Å². The molecule has 1 fully saturated rings. The lowest BCUT2D eigenvalue weighted by Crippen LogP contribution is -2.59. The topological polar surface area (TPSA) is 65.5 Å². The molecule has 6 heteroatoms. The second-order valence-corrected chi connectivity index (χ2v) is 4.61. The Bertz CT molecular complexity index is 463. The van der Waals surface area contributed by atoms with Gasteiger partial charge in [-0.3, -0.25) is 14.6 Å². The van der Waals surface area contributed by atoms with E-state index in [2.05, 4.69) is 10.3 Å². The van der Waals surface area contributed by atoms with Gasteiger partial charge >= 0.3 is 0 Å². The number of nitrogens with zero attached hydrogens (tertiary/aromatic N) is 3. The molecule has 2 rings (SSSR count). The van der Waals surface area contributed by atoms with Crippen molar-refractivity contribution >= 4 is 11.8 Å². The van der Waals surface area contributed by atoms with Crippen molar-refractivity contribution < 1.29 is 9.59 Å². The monoisotopic (exact) mass is 262 g/mol. The fourth-order valence-electron chi connectivity index (χ4n) is 2.19. The van der Waals surface area contributed by atoms with Crippen LogP contribution in [0.1, 0.15) is 10.5 Å². The standard InChI is InChI=1S/C13H18N4O2/c1-14-12(18)11-9-16(2)7-8-17(11)13(19)10-5-3-4-6-15-10/h3-6,11H,7-9H2,1-2H3,(H,14,18). The predicted octanol–water partition coefficient (Wildman–Crippen LogP) is -0.416. The number of piperazine rings is 1. The van der Waals surface area contributed by atoms with E-state index in [9.17, 15) is 9.59 Å². The van der Waals surface area contributed by atoms with Gasteiger partial charge in [0.15, 0.2) is 0 Å². The van der Waals surface area contributed by atoms with Crippen LogP contribution >= 0.6 is 0 Å². The van der Waals surface area contributed by atoms with E-state index >= 15 is 0 Å². The number of rotatable bonds is 2. The summed E-state index contributed by atoms with van der Waals surface area (Å²) in [4.78, 5) is 32.0. The van der Waals surface area contributed by atoms with Gasteiger partial charge in [0.2, 0.25) is 5.91 Å². The molecule has 0 saturated carbocycles. The van der Waals surface area contributed by atoms with Gasteiger partial charge in [0.25, 0.3) is 5.91 Å². The Kier molecular flexibility index (Phi) is 4.11. The summed E-state index contributed by atoms with van der Waals surface area (Å²) in [6.45, 7) is 1.83. The van der Waals surface area contributed by atoms with E-state index in [0.717, 1.165) is 6.54 Å². The molecule has 1 unspecified atom stereocenters. The molecule has 1 aromatic rings. The van der Waals surface area contributed by atoms with Crippen LogP contribution in [0.4, 0.5) is 0 Å². The number of likely N-dealkylation sites (N-methyl/N-ethyl adjacent to an activating group) is 2. The summed E-state index contributed by atoms with van der Waals surface area (Å²) in [5, 5.41) is 2.61. The predicted molar refractivity (Wildman–Crippen MR) is 70.6 cm³/mol. The fraction of sp³-hybridized carbons (Fsp3) is 0.462.